The van der Waals surface area contributed by atoms with Crippen molar-refractivity contribution in [2.24, 2.45) is 0 Å². The van der Waals surface area contributed by atoms with Gasteiger partial charge < -0.3 is 10.4 Å². The maximum atomic E-state index is 12.5. The number of anilines is 1. The van der Waals surface area contributed by atoms with E-state index < -0.39 is 17.4 Å². The van der Waals surface area contributed by atoms with Crippen molar-refractivity contribution >= 4 is 28.3 Å². The lowest BCUT2D eigenvalue weighted by atomic mass is 10.1. The van der Waals surface area contributed by atoms with E-state index in [1.807, 2.05) is 13.0 Å². The van der Waals surface area contributed by atoms with E-state index in [1.165, 1.54) is 12.1 Å². The number of hydrogen-bond donors (Lipinski definition) is 2. The summed E-state index contributed by atoms with van der Waals surface area (Å²) < 4.78 is 0.872. The zero-order valence-corrected chi connectivity index (χ0v) is 13.4. The van der Waals surface area contributed by atoms with Crippen LogP contribution in [-0.4, -0.2) is 26.8 Å². The fraction of sp³-hybridized carbons (Fsp3) is 0.111. The number of aryl methyl sites for hydroxylation is 1. The first-order valence-electron chi connectivity index (χ1n) is 7.55. The SMILES string of the molecule is Cc1cccc(NC(=O)Cn2nc(C(=O)O)c3ccccc3c2=O)c1. The van der Waals surface area contributed by atoms with Crippen LogP contribution in [0.5, 0.6) is 0 Å². The molecule has 2 N–H and O–H groups in total. The molecule has 3 aromatic rings. The summed E-state index contributed by atoms with van der Waals surface area (Å²) in [5, 5.41) is 16.3. The van der Waals surface area contributed by atoms with Crippen LogP contribution >= 0.6 is 0 Å². The van der Waals surface area contributed by atoms with E-state index >= 15 is 0 Å². The maximum absolute atomic E-state index is 12.5. The lowest BCUT2D eigenvalue weighted by Crippen LogP contribution is -2.31. The fourth-order valence-corrected chi connectivity index (χ4v) is 2.56. The Kier molecular flexibility index (Phi) is 4.30. The van der Waals surface area contributed by atoms with Crippen LogP contribution in [0, 0.1) is 6.92 Å². The van der Waals surface area contributed by atoms with Gasteiger partial charge >= 0.3 is 5.97 Å². The minimum Gasteiger partial charge on any atom is -0.476 e. The molecule has 7 nitrogen and oxygen atoms in total. The van der Waals surface area contributed by atoms with Gasteiger partial charge in [0.1, 0.15) is 6.54 Å². The molecule has 0 aliphatic rings. The number of carboxylic acid groups (broad SMARTS) is 1. The number of hydrogen-bond acceptors (Lipinski definition) is 4. The van der Waals surface area contributed by atoms with Gasteiger partial charge in [-0.15, -0.1) is 0 Å². The van der Waals surface area contributed by atoms with E-state index in [2.05, 4.69) is 10.4 Å². The van der Waals surface area contributed by atoms with Crippen LogP contribution in [0.2, 0.25) is 0 Å². The molecule has 1 aromatic heterocycles. The van der Waals surface area contributed by atoms with E-state index in [0.29, 0.717) is 5.69 Å². The van der Waals surface area contributed by atoms with E-state index in [9.17, 15) is 19.5 Å². The third kappa shape index (κ3) is 3.40. The maximum Gasteiger partial charge on any atom is 0.357 e. The predicted molar refractivity (Wildman–Crippen MR) is 92.8 cm³/mol. The molecule has 25 heavy (non-hydrogen) atoms. The molecule has 0 fully saturated rings. The normalized spacial score (nSPS) is 10.6. The van der Waals surface area contributed by atoms with Crippen LogP contribution in [0.1, 0.15) is 16.1 Å². The van der Waals surface area contributed by atoms with Crippen LogP contribution in [-0.2, 0) is 11.3 Å². The first kappa shape index (κ1) is 16.4. The first-order chi connectivity index (χ1) is 12.0. The molecular weight excluding hydrogens is 322 g/mol. The number of carboxylic acids is 1. The first-order valence-corrected chi connectivity index (χ1v) is 7.55. The minimum absolute atomic E-state index is 0.207. The Morgan fingerprint density at radius 1 is 1.12 bits per heavy atom. The molecule has 0 saturated carbocycles. The Bertz CT molecular complexity index is 1040. The largest absolute Gasteiger partial charge is 0.476 e. The van der Waals surface area contributed by atoms with Gasteiger partial charge in [0, 0.05) is 11.1 Å². The number of nitrogens with one attached hydrogen (secondary N) is 1. The molecule has 0 saturated heterocycles. The molecule has 1 heterocycles. The number of fused-ring (bicyclic) bond motifs is 1. The third-order valence-electron chi connectivity index (χ3n) is 3.67. The molecule has 2 aromatic carbocycles. The molecule has 0 aliphatic heterocycles. The minimum atomic E-state index is -1.26. The van der Waals surface area contributed by atoms with Crippen LogP contribution in [0.25, 0.3) is 10.8 Å². The summed E-state index contributed by atoms with van der Waals surface area (Å²) in [5.74, 6) is -1.73. The second kappa shape index (κ2) is 6.56. The van der Waals surface area contributed by atoms with Crippen molar-refractivity contribution in [1.82, 2.24) is 9.78 Å². The van der Waals surface area contributed by atoms with Crippen molar-refractivity contribution in [3.05, 3.63) is 70.1 Å². The summed E-state index contributed by atoms with van der Waals surface area (Å²) in [6, 6.07) is 13.5. The number of aromatic nitrogens is 2. The predicted octanol–water partition coefficient (Wildman–Crippen LogP) is 2.04. The van der Waals surface area contributed by atoms with Crippen molar-refractivity contribution in [2.45, 2.75) is 13.5 Å². The Balaban J connectivity index is 1.96. The molecule has 0 radical (unpaired) electrons. The van der Waals surface area contributed by atoms with Crippen molar-refractivity contribution < 1.29 is 14.7 Å². The number of nitrogens with zero attached hydrogens (tertiary/aromatic N) is 2. The number of benzene rings is 2. The molecule has 0 atom stereocenters. The molecule has 1 amide bonds. The summed E-state index contributed by atoms with van der Waals surface area (Å²) in [6.07, 6.45) is 0. The molecule has 126 valence electrons. The summed E-state index contributed by atoms with van der Waals surface area (Å²) in [6.45, 7) is 1.52. The molecule has 0 unspecified atom stereocenters. The summed E-state index contributed by atoms with van der Waals surface area (Å²) >= 11 is 0. The lowest BCUT2D eigenvalue weighted by molar-refractivity contribution is -0.117. The zero-order valence-electron chi connectivity index (χ0n) is 13.4. The van der Waals surface area contributed by atoms with Gasteiger partial charge in [-0.05, 0) is 30.7 Å². The Morgan fingerprint density at radius 3 is 2.52 bits per heavy atom. The number of carbonyl (C=O) groups is 2. The standard InChI is InChI=1S/C18H15N3O4/c1-11-5-4-6-12(9-11)19-15(22)10-21-17(23)14-8-3-2-7-13(14)16(20-21)18(24)25/h2-9H,10H2,1H3,(H,19,22)(H,24,25). The van der Waals surface area contributed by atoms with Crippen molar-refractivity contribution in [2.75, 3.05) is 5.32 Å². The van der Waals surface area contributed by atoms with Crippen molar-refractivity contribution in [3.63, 3.8) is 0 Å². The monoisotopic (exact) mass is 337 g/mol. The quantitative estimate of drug-likeness (QED) is 0.758. The summed E-state index contributed by atoms with van der Waals surface area (Å²) in [4.78, 5) is 36.1. The molecule has 0 bridgehead atoms. The summed E-state index contributed by atoms with van der Waals surface area (Å²) in [5.41, 5.74) is 0.794. The van der Waals surface area contributed by atoms with Crippen LogP contribution in [0.15, 0.2) is 53.3 Å². The van der Waals surface area contributed by atoms with Crippen molar-refractivity contribution in [1.29, 1.82) is 0 Å². The number of carbonyl (C=O) groups excluding carboxylic acids is 1. The fourth-order valence-electron chi connectivity index (χ4n) is 2.56. The van der Waals surface area contributed by atoms with E-state index in [4.69, 9.17) is 0 Å². The van der Waals surface area contributed by atoms with Gasteiger partial charge in [0.25, 0.3) is 5.56 Å². The second-order valence-electron chi connectivity index (χ2n) is 5.58. The third-order valence-corrected chi connectivity index (χ3v) is 3.67. The highest BCUT2D eigenvalue weighted by atomic mass is 16.4. The van der Waals surface area contributed by atoms with Crippen LogP contribution in [0.3, 0.4) is 0 Å². The van der Waals surface area contributed by atoms with E-state index in [-0.39, 0.29) is 23.0 Å². The van der Waals surface area contributed by atoms with Gasteiger partial charge in [-0.1, -0.05) is 30.3 Å². The van der Waals surface area contributed by atoms with Crippen molar-refractivity contribution in [3.8, 4) is 0 Å². The van der Waals surface area contributed by atoms with Gasteiger partial charge in [0.15, 0.2) is 5.69 Å². The Labute approximate surface area is 142 Å². The van der Waals surface area contributed by atoms with Gasteiger partial charge in [0.2, 0.25) is 5.91 Å². The van der Waals surface area contributed by atoms with Gasteiger partial charge in [-0.25, -0.2) is 9.48 Å². The highest BCUT2D eigenvalue weighted by Gasteiger charge is 2.17. The van der Waals surface area contributed by atoms with Gasteiger partial charge in [0.05, 0.1) is 5.39 Å². The van der Waals surface area contributed by atoms with Crippen LogP contribution < -0.4 is 10.9 Å². The van der Waals surface area contributed by atoms with Gasteiger partial charge in [-0.2, -0.15) is 5.10 Å². The lowest BCUT2D eigenvalue weighted by Gasteiger charge is -2.10. The van der Waals surface area contributed by atoms with Gasteiger partial charge in [-0.3, -0.25) is 9.59 Å². The highest BCUT2D eigenvalue weighted by Crippen LogP contribution is 2.13. The summed E-state index contributed by atoms with van der Waals surface area (Å²) in [7, 11) is 0. The van der Waals surface area contributed by atoms with E-state index in [0.717, 1.165) is 10.2 Å². The molecule has 7 heteroatoms. The topological polar surface area (TPSA) is 101 Å². The average Bonchev–Trinajstić information content (AvgIpc) is 2.57. The smallest absolute Gasteiger partial charge is 0.357 e. The highest BCUT2D eigenvalue weighted by molar-refractivity contribution is 6.01. The number of rotatable bonds is 4. The molecule has 0 spiro atoms. The molecule has 3 rings (SSSR count). The number of aromatic carboxylic acids is 1. The van der Waals surface area contributed by atoms with E-state index in [1.54, 1.807) is 30.3 Å². The average molecular weight is 337 g/mol. The number of amides is 1. The Morgan fingerprint density at radius 2 is 1.84 bits per heavy atom. The van der Waals surface area contributed by atoms with Crippen LogP contribution in [0.4, 0.5) is 5.69 Å². The Hall–Kier alpha value is -3.48. The molecule has 0 aliphatic carbocycles. The molecular formula is C18H15N3O4. The zero-order chi connectivity index (χ0) is 18.0. The second-order valence-corrected chi connectivity index (χ2v) is 5.58.